The Hall–Kier alpha value is -1.34. The zero-order valence-corrected chi connectivity index (χ0v) is 18.5. The number of rotatable bonds is 9. The Morgan fingerprint density at radius 3 is 2.00 bits per heavy atom. The highest BCUT2D eigenvalue weighted by atomic mass is 19.3. The van der Waals surface area contributed by atoms with Crippen LogP contribution in [0.2, 0.25) is 0 Å². The summed E-state index contributed by atoms with van der Waals surface area (Å²) < 4.78 is 72.6. The Balaban J connectivity index is 1.47. The number of halogens is 4. The fourth-order valence-corrected chi connectivity index (χ4v) is 4.99. The molecule has 0 unspecified atom stereocenters. The van der Waals surface area contributed by atoms with Gasteiger partial charge >= 0.3 is 6.11 Å². The highest BCUT2D eigenvalue weighted by Gasteiger charge is 2.42. The summed E-state index contributed by atoms with van der Waals surface area (Å²) in [5.74, 6) is -2.35. The van der Waals surface area contributed by atoms with Crippen molar-refractivity contribution in [2.45, 2.75) is 89.4 Å². The summed E-state index contributed by atoms with van der Waals surface area (Å²) in [5, 5.41) is 0. The molecule has 0 aliphatic heterocycles. The van der Waals surface area contributed by atoms with Crippen LogP contribution in [0.15, 0.2) is 12.1 Å². The highest BCUT2D eigenvalue weighted by Crippen LogP contribution is 2.42. The molecule has 176 valence electrons. The molecule has 0 saturated heterocycles. The minimum absolute atomic E-state index is 0.362. The predicted molar refractivity (Wildman–Crippen MR) is 110 cm³/mol. The summed E-state index contributed by atoms with van der Waals surface area (Å²) in [4.78, 5) is 0. The van der Waals surface area contributed by atoms with Crippen molar-refractivity contribution in [1.82, 2.24) is 0 Å². The van der Waals surface area contributed by atoms with Crippen LogP contribution in [0, 0.1) is 23.5 Å². The van der Waals surface area contributed by atoms with E-state index in [1.165, 1.54) is 0 Å². The number of alkyl halides is 2. The first kappa shape index (κ1) is 24.3. The molecule has 1 aromatic carbocycles. The highest BCUT2D eigenvalue weighted by molar-refractivity contribution is 5.32. The Morgan fingerprint density at radius 1 is 0.871 bits per heavy atom. The molecule has 0 amide bonds. The molecule has 0 aromatic heterocycles. The molecule has 31 heavy (non-hydrogen) atoms. The number of ether oxygens (including phenoxy) is 3. The fourth-order valence-electron chi connectivity index (χ4n) is 4.99. The number of benzene rings is 1. The predicted octanol–water partition coefficient (Wildman–Crippen LogP) is 6.97. The quantitative estimate of drug-likeness (QED) is 0.303. The van der Waals surface area contributed by atoms with Gasteiger partial charge in [-0.3, -0.25) is 0 Å². The Bertz CT molecular complexity index is 696. The monoisotopic (exact) mass is 446 g/mol. The van der Waals surface area contributed by atoms with Crippen LogP contribution in [-0.2, 0) is 15.6 Å². The van der Waals surface area contributed by atoms with Crippen LogP contribution in [-0.4, -0.2) is 25.9 Å². The second-order valence-corrected chi connectivity index (χ2v) is 8.88. The van der Waals surface area contributed by atoms with Crippen molar-refractivity contribution in [2.24, 2.45) is 11.8 Å². The van der Waals surface area contributed by atoms with E-state index in [4.69, 9.17) is 9.47 Å². The standard InChI is InChI=1S/C24H34F4O3/c1-3-4-15-30-18-9-5-16(6-10-18)17-7-11-19(12-8-17)31-24(27,28)20-13-14-21(29-2)23(26)22(20)25/h13-14,16-19H,3-12,15H2,1-2H3. The zero-order valence-electron chi connectivity index (χ0n) is 18.5. The van der Waals surface area contributed by atoms with Gasteiger partial charge in [0.1, 0.15) is 0 Å². The van der Waals surface area contributed by atoms with Crippen LogP contribution in [0.3, 0.4) is 0 Å². The van der Waals surface area contributed by atoms with E-state index in [2.05, 4.69) is 11.7 Å². The van der Waals surface area contributed by atoms with Crippen molar-refractivity contribution >= 4 is 0 Å². The van der Waals surface area contributed by atoms with Gasteiger partial charge in [-0.1, -0.05) is 13.3 Å². The van der Waals surface area contributed by atoms with E-state index in [1.54, 1.807) is 0 Å². The maximum atomic E-state index is 14.6. The number of unbranched alkanes of at least 4 members (excludes halogenated alkanes) is 1. The summed E-state index contributed by atoms with van der Waals surface area (Å²) in [6.07, 6.45) is 5.11. The first-order valence-electron chi connectivity index (χ1n) is 11.5. The molecule has 0 radical (unpaired) electrons. The number of methoxy groups -OCH3 is 1. The van der Waals surface area contributed by atoms with Gasteiger partial charge in [0.05, 0.1) is 24.9 Å². The van der Waals surface area contributed by atoms with Crippen LogP contribution in [0.25, 0.3) is 0 Å². The first-order valence-corrected chi connectivity index (χ1v) is 11.5. The van der Waals surface area contributed by atoms with Crippen molar-refractivity contribution in [2.75, 3.05) is 13.7 Å². The molecular weight excluding hydrogens is 412 g/mol. The van der Waals surface area contributed by atoms with Crippen molar-refractivity contribution in [1.29, 1.82) is 0 Å². The van der Waals surface area contributed by atoms with Gasteiger partial charge in [0.25, 0.3) is 0 Å². The van der Waals surface area contributed by atoms with Crippen molar-refractivity contribution < 1.29 is 31.8 Å². The molecule has 2 fully saturated rings. The van der Waals surface area contributed by atoms with E-state index in [9.17, 15) is 17.6 Å². The van der Waals surface area contributed by atoms with E-state index >= 15 is 0 Å². The van der Waals surface area contributed by atoms with Gasteiger partial charge in [-0.25, -0.2) is 4.39 Å². The van der Waals surface area contributed by atoms with Gasteiger partial charge in [-0.2, -0.15) is 13.2 Å². The van der Waals surface area contributed by atoms with Crippen LogP contribution < -0.4 is 4.74 Å². The lowest BCUT2D eigenvalue weighted by atomic mass is 9.72. The second-order valence-electron chi connectivity index (χ2n) is 8.88. The number of hydrogen-bond donors (Lipinski definition) is 0. The molecule has 3 rings (SSSR count). The molecule has 0 heterocycles. The Labute approximate surface area is 182 Å². The molecule has 1 aromatic rings. The minimum atomic E-state index is -3.89. The summed E-state index contributed by atoms with van der Waals surface area (Å²) in [6, 6.07) is 1.81. The third-order valence-corrected chi connectivity index (χ3v) is 6.85. The van der Waals surface area contributed by atoms with E-state index in [0.29, 0.717) is 30.8 Å². The average molecular weight is 447 g/mol. The van der Waals surface area contributed by atoms with Crippen molar-refractivity contribution in [3.63, 3.8) is 0 Å². The van der Waals surface area contributed by atoms with E-state index < -0.39 is 35.2 Å². The Kier molecular flexibility index (Phi) is 8.62. The van der Waals surface area contributed by atoms with Crippen LogP contribution >= 0.6 is 0 Å². The summed E-state index contributed by atoms with van der Waals surface area (Å²) in [5.41, 5.74) is -1.09. The lowest BCUT2D eigenvalue weighted by molar-refractivity contribution is -0.280. The lowest BCUT2D eigenvalue weighted by Crippen LogP contribution is -2.33. The average Bonchev–Trinajstić information content (AvgIpc) is 2.76. The largest absolute Gasteiger partial charge is 0.494 e. The minimum Gasteiger partial charge on any atom is -0.494 e. The third kappa shape index (κ3) is 6.13. The molecule has 7 heteroatoms. The Morgan fingerprint density at radius 2 is 1.45 bits per heavy atom. The maximum absolute atomic E-state index is 14.6. The lowest BCUT2D eigenvalue weighted by Gasteiger charge is -2.38. The molecule has 0 N–H and O–H groups in total. The molecule has 2 saturated carbocycles. The summed E-state index contributed by atoms with van der Waals surface area (Å²) in [6.45, 7) is 2.99. The topological polar surface area (TPSA) is 27.7 Å². The van der Waals surface area contributed by atoms with Gasteiger partial charge in [0, 0.05) is 6.61 Å². The summed E-state index contributed by atoms with van der Waals surface area (Å²) >= 11 is 0. The molecular formula is C24H34F4O3. The molecule has 2 aliphatic carbocycles. The second kappa shape index (κ2) is 11.0. The van der Waals surface area contributed by atoms with Gasteiger partial charge in [-0.15, -0.1) is 0 Å². The smallest absolute Gasteiger partial charge is 0.386 e. The SMILES string of the molecule is CCCCOC1CCC(C2CCC(OC(F)(F)c3ccc(OC)c(F)c3F)CC2)CC1. The zero-order chi connectivity index (χ0) is 22.4. The van der Waals surface area contributed by atoms with Crippen LogP contribution in [0.1, 0.15) is 76.7 Å². The number of hydrogen-bond acceptors (Lipinski definition) is 3. The van der Waals surface area contributed by atoms with Gasteiger partial charge in [0.2, 0.25) is 5.82 Å². The van der Waals surface area contributed by atoms with E-state index in [1.807, 2.05) is 0 Å². The molecule has 3 nitrogen and oxygen atoms in total. The maximum Gasteiger partial charge on any atom is 0.386 e. The first-order chi connectivity index (χ1) is 14.9. The summed E-state index contributed by atoms with van der Waals surface area (Å²) in [7, 11) is 1.15. The van der Waals surface area contributed by atoms with E-state index in [0.717, 1.165) is 77.2 Å². The van der Waals surface area contributed by atoms with Gasteiger partial charge < -0.3 is 14.2 Å². The molecule has 0 atom stereocenters. The van der Waals surface area contributed by atoms with Crippen molar-refractivity contribution in [3.8, 4) is 5.75 Å². The van der Waals surface area contributed by atoms with Crippen LogP contribution in [0.4, 0.5) is 17.6 Å². The normalized spacial score (nSPS) is 27.3. The molecule has 2 aliphatic rings. The van der Waals surface area contributed by atoms with E-state index in [-0.39, 0.29) is 0 Å². The van der Waals surface area contributed by atoms with Gasteiger partial charge in [-0.05, 0) is 81.8 Å². The fraction of sp³-hybridized carbons (Fsp3) is 0.750. The van der Waals surface area contributed by atoms with Crippen LogP contribution in [0.5, 0.6) is 5.75 Å². The van der Waals surface area contributed by atoms with Crippen molar-refractivity contribution in [3.05, 3.63) is 29.3 Å². The molecule has 0 spiro atoms. The third-order valence-electron chi connectivity index (χ3n) is 6.85. The molecule has 0 bridgehead atoms. The van der Waals surface area contributed by atoms with Gasteiger partial charge in [0.15, 0.2) is 11.6 Å².